The summed E-state index contributed by atoms with van der Waals surface area (Å²) in [6.07, 6.45) is 8.88. The zero-order valence-electron chi connectivity index (χ0n) is 14.9. The van der Waals surface area contributed by atoms with Gasteiger partial charge in [0, 0.05) is 6.04 Å². The molecule has 124 valence electrons. The van der Waals surface area contributed by atoms with Crippen LogP contribution >= 0.6 is 0 Å². The number of rotatable bonds is 5. The molecule has 0 aromatic rings. The van der Waals surface area contributed by atoms with E-state index in [2.05, 4.69) is 39.0 Å². The van der Waals surface area contributed by atoms with Crippen LogP contribution in [-0.2, 0) is 4.79 Å². The second kappa shape index (κ2) is 6.82. The lowest BCUT2D eigenvalue weighted by atomic mass is 9.70. The number of carboxylic acids is 1. The molecule has 3 N–H and O–H groups in total. The van der Waals surface area contributed by atoms with Crippen molar-refractivity contribution in [1.29, 1.82) is 0 Å². The van der Waals surface area contributed by atoms with Crippen molar-refractivity contribution < 1.29 is 9.90 Å². The fraction of sp³-hybridized carbons (Fsp3) is 0.632. The maximum atomic E-state index is 11.4. The minimum Gasteiger partial charge on any atom is -0.481 e. The molecule has 0 saturated heterocycles. The average Bonchev–Trinajstić information content (AvgIpc) is 2.74. The summed E-state index contributed by atoms with van der Waals surface area (Å²) in [6.45, 7) is 11.9. The lowest BCUT2D eigenvalue weighted by Gasteiger charge is -2.33. The number of aliphatic carboxylic acids is 1. The van der Waals surface area contributed by atoms with Gasteiger partial charge in [-0.3, -0.25) is 4.79 Å². The van der Waals surface area contributed by atoms with Crippen molar-refractivity contribution in [1.82, 2.24) is 0 Å². The van der Waals surface area contributed by atoms with Crippen LogP contribution in [0.3, 0.4) is 0 Å². The molecule has 1 saturated carbocycles. The molecule has 1 fully saturated rings. The van der Waals surface area contributed by atoms with Crippen molar-refractivity contribution in [3.05, 3.63) is 34.9 Å². The number of hydrogen-bond donors (Lipinski definition) is 2. The Kier molecular flexibility index (Phi) is 5.80. The van der Waals surface area contributed by atoms with Crippen LogP contribution in [0.4, 0.5) is 0 Å². The molecule has 3 nitrogen and oxygen atoms in total. The standard InChI is InChI=1S/C19H31NO2/c1-7-13-10-16(20)11-14(13)9-15(8-2)18(3,4)12-19(5,6)17(21)22/h7-9,16H,10-12,20H2,1-6H3,(H,21,22)/b13-7-,14-9-,15-8+/t16-/m0/s1. The van der Waals surface area contributed by atoms with Gasteiger partial charge in [-0.25, -0.2) is 0 Å². The largest absolute Gasteiger partial charge is 0.481 e. The maximum Gasteiger partial charge on any atom is 0.309 e. The van der Waals surface area contributed by atoms with E-state index in [0.717, 1.165) is 12.8 Å². The summed E-state index contributed by atoms with van der Waals surface area (Å²) in [4.78, 5) is 11.4. The van der Waals surface area contributed by atoms with Gasteiger partial charge in [0.05, 0.1) is 5.41 Å². The molecule has 22 heavy (non-hydrogen) atoms. The molecule has 0 unspecified atom stereocenters. The summed E-state index contributed by atoms with van der Waals surface area (Å²) >= 11 is 0. The number of carboxylic acid groups (broad SMARTS) is 1. The second-order valence-electron chi connectivity index (χ2n) is 7.65. The topological polar surface area (TPSA) is 63.3 Å². The van der Waals surface area contributed by atoms with E-state index in [0.29, 0.717) is 6.42 Å². The van der Waals surface area contributed by atoms with Crippen LogP contribution in [0, 0.1) is 10.8 Å². The van der Waals surface area contributed by atoms with E-state index in [1.165, 1.54) is 16.7 Å². The van der Waals surface area contributed by atoms with Gasteiger partial charge in [0.25, 0.3) is 0 Å². The second-order valence-corrected chi connectivity index (χ2v) is 7.65. The van der Waals surface area contributed by atoms with E-state index in [4.69, 9.17) is 5.73 Å². The highest BCUT2D eigenvalue weighted by molar-refractivity contribution is 5.73. The van der Waals surface area contributed by atoms with Gasteiger partial charge in [0.2, 0.25) is 0 Å². The normalized spacial score (nSPS) is 24.3. The molecule has 0 bridgehead atoms. The van der Waals surface area contributed by atoms with Gasteiger partial charge in [-0.15, -0.1) is 0 Å². The smallest absolute Gasteiger partial charge is 0.309 e. The average molecular weight is 305 g/mol. The first kappa shape index (κ1) is 18.7. The predicted octanol–water partition coefficient (Wildman–Crippen LogP) is 4.45. The van der Waals surface area contributed by atoms with Crippen molar-refractivity contribution in [2.24, 2.45) is 16.6 Å². The number of carbonyl (C=O) groups is 1. The van der Waals surface area contributed by atoms with Crippen molar-refractivity contribution >= 4 is 5.97 Å². The van der Waals surface area contributed by atoms with E-state index < -0.39 is 11.4 Å². The third-order valence-electron chi connectivity index (χ3n) is 4.61. The monoisotopic (exact) mass is 305 g/mol. The summed E-state index contributed by atoms with van der Waals surface area (Å²) in [5.74, 6) is -0.749. The molecule has 3 heteroatoms. The third-order valence-corrected chi connectivity index (χ3v) is 4.61. The third kappa shape index (κ3) is 4.33. The Morgan fingerprint density at radius 3 is 2.18 bits per heavy atom. The highest BCUT2D eigenvalue weighted by Gasteiger charge is 2.36. The molecule has 1 aliphatic rings. The molecule has 1 rings (SSSR count). The van der Waals surface area contributed by atoms with Gasteiger partial charge in [-0.2, -0.15) is 0 Å². The molecule has 0 amide bonds. The zero-order valence-corrected chi connectivity index (χ0v) is 14.9. The molecular weight excluding hydrogens is 274 g/mol. The molecule has 0 spiro atoms. The van der Waals surface area contributed by atoms with Gasteiger partial charge in [0.1, 0.15) is 0 Å². The summed E-state index contributed by atoms with van der Waals surface area (Å²) in [5.41, 5.74) is 8.94. The Morgan fingerprint density at radius 2 is 1.73 bits per heavy atom. The first-order valence-electron chi connectivity index (χ1n) is 8.05. The molecule has 0 heterocycles. The van der Waals surface area contributed by atoms with Crippen LogP contribution in [0.5, 0.6) is 0 Å². The van der Waals surface area contributed by atoms with Gasteiger partial charge in [-0.1, -0.05) is 32.1 Å². The van der Waals surface area contributed by atoms with Crippen LogP contribution < -0.4 is 5.73 Å². The van der Waals surface area contributed by atoms with Crippen molar-refractivity contribution in [2.75, 3.05) is 0 Å². The number of hydrogen-bond acceptors (Lipinski definition) is 2. The lowest BCUT2D eigenvalue weighted by molar-refractivity contribution is -0.148. The Balaban J connectivity index is 3.08. The molecule has 1 atom stereocenters. The first-order valence-corrected chi connectivity index (χ1v) is 8.05. The van der Waals surface area contributed by atoms with Crippen molar-refractivity contribution in [3.8, 4) is 0 Å². The summed E-state index contributed by atoms with van der Waals surface area (Å²) in [5, 5.41) is 9.40. The maximum absolute atomic E-state index is 11.4. The van der Waals surface area contributed by atoms with E-state index in [1.54, 1.807) is 13.8 Å². The van der Waals surface area contributed by atoms with Crippen LogP contribution in [0.25, 0.3) is 0 Å². The van der Waals surface area contributed by atoms with E-state index in [9.17, 15) is 9.90 Å². The quantitative estimate of drug-likeness (QED) is 0.788. The molecule has 0 radical (unpaired) electrons. The minimum absolute atomic E-state index is 0.199. The Bertz CT molecular complexity index is 522. The van der Waals surface area contributed by atoms with E-state index in [-0.39, 0.29) is 11.5 Å². The number of nitrogens with two attached hydrogens (primary N) is 1. The Labute approximate surface area is 135 Å². The molecule has 0 aliphatic heterocycles. The molecule has 0 aromatic heterocycles. The van der Waals surface area contributed by atoms with Gasteiger partial charge in [0.15, 0.2) is 0 Å². The fourth-order valence-corrected chi connectivity index (χ4v) is 3.49. The zero-order chi connectivity index (χ0) is 17.1. The van der Waals surface area contributed by atoms with E-state index in [1.807, 2.05) is 6.92 Å². The highest BCUT2D eigenvalue weighted by atomic mass is 16.4. The van der Waals surface area contributed by atoms with Crippen LogP contribution in [0.15, 0.2) is 34.9 Å². The summed E-state index contributed by atoms with van der Waals surface area (Å²) in [7, 11) is 0. The van der Waals surface area contributed by atoms with Crippen LogP contribution in [-0.4, -0.2) is 17.1 Å². The lowest BCUT2D eigenvalue weighted by Crippen LogP contribution is -2.31. The van der Waals surface area contributed by atoms with Crippen molar-refractivity contribution in [3.63, 3.8) is 0 Å². The Morgan fingerprint density at radius 1 is 1.18 bits per heavy atom. The Hall–Kier alpha value is -1.35. The predicted molar refractivity (Wildman–Crippen MR) is 92.6 cm³/mol. The van der Waals surface area contributed by atoms with Crippen molar-refractivity contribution in [2.45, 2.75) is 66.8 Å². The van der Waals surface area contributed by atoms with Crippen LogP contribution in [0.1, 0.15) is 60.8 Å². The number of allylic oxidation sites excluding steroid dienone is 4. The summed E-state index contributed by atoms with van der Waals surface area (Å²) < 4.78 is 0. The SMILES string of the molecule is C/C=C1/C[C@H](N)C/C1=C/C(=C\C)C(C)(C)CC(C)(C)C(=O)O. The summed E-state index contributed by atoms with van der Waals surface area (Å²) in [6, 6.07) is 0.203. The minimum atomic E-state index is -0.749. The fourth-order valence-electron chi connectivity index (χ4n) is 3.49. The highest BCUT2D eigenvalue weighted by Crippen LogP contribution is 2.42. The van der Waals surface area contributed by atoms with Gasteiger partial charge < -0.3 is 10.8 Å². The van der Waals surface area contributed by atoms with Gasteiger partial charge >= 0.3 is 5.97 Å². The van der Waals surface area contributed by atoms with Crippen LogP contribution in [0.2, 0.25) is 0 Å². The molecule has 1 aliphatic carbocycles. The van der Waals surface area contributed by atoms with Gasteiger partial charge in [-0.05, 0) is 69.1 Å². The molecular formula is C19H31NO2. The first-order chi connectivity index (χ1) is 10.0. The van der Waals surface area contributed by atoms with E-state index >= 15 is 0 Å². The molecule has 0 aromatic carbocycles.